The van der Waals surface area contributed by atoms with Crippen LogP contribution in [0.3, 0.4) is 0 Å². The summed E-state index contributed by atoms with van der Waals surface area (Å²) in [6.07, 6.45) is 3.06. The second-order valence-electron chi connectivity index (χ2n) is 7.08. The van der Waals surface area contributed by atoms with Gasteiger partial charge in [-0.3, -0.25) is 9.78 Å². The summed E-state index contributed by atoms with van der Waals surface area (Å²) < 4.78 is 17.4. The van der Waals surface area contributed by atoms with Gasteiger partial charge in [-0.25, -0.2) is 0 Å². The van der Waals surface area contributed by atoms with Crippen LogP contribution < -0.4 is 14.2 Å². The van der Waals surface area contributed by atoms with E-state index >= 15 is 0 Å². The largest absolute Gasteiger partial charge is 0.493 e. The lowest BCUT2D eigenvalue weighted by atomic mass is 9.97. The maximum absolute atomic E-state index is 12.8. The molecule has 1 unspecified atom stereocenters. The fraction of sp³-hybridized carbons (Fsp3) is 0.429. The first-order chi connectivity index (χ1) is 13.2. The number of ether oxygens (including phenoxy) is 3. The van der Waals surface area contributed by atoms with Crippen molar-refractivity contribution in [2.24, 2.45) is 5.92 Å². The molecule has 0 aliphatic carbocycles. The molecule has 4 rings (SSSR count). The van der Waals surface area contributed by atoms with Crippen LogP contribution in [0.25, 0.3) is 0 Å². The predicted octanol–water partition coefficient (Wildman–Crippen LogP) is 2.85. The summed E-state index contributed by atoms with van der Waals surface area (Å²) >= 11 is 0. The first kappa shape index (κ1) is 17.6. The van der Waals surface area contributed by atoms with Crippen LogP contribution in [-0.2, 0) is 4.79 Å². The van der Waals surface area contributed by atoms with Gasteiger partial charge in [0, 0.05) is 31.0 Å². The molecular weight excluding hydrogens is 344 g/mol. The molecule has 0 spiro atoms. The van der Waals surface area contributed by atoms with Crippen molar-refractivity contribution in [1.82, 2.24) is 9.88 Å². The molecule has 1 aromatic carbocycles. The van der Waals surface area contributed by atoms with E-state index in [-0.39, 0.29) is 12.5 Å². The van der Waals surface area contributed by atoms with Gasteiger partial charge >= 0.3 is 0 Å². The van der Waals surface area contributed by atoms with Crippen LogP contribution in [0.1, 0.15) is 18.5 Å². The molecule has 3 heterocycles. The lowest BCUT2D eigenvalue weighted by Crippen LogP contribution is -2.49. The van der Waals surface area contributed by atoms with Crippen molar-refractivity contribution in [3.63, 3.8) is 0 Å². The zero-order valence-corrected chi connectivity index (χ0v) is 15.5. The number of carbonyl (C=O) groups excluding carboxylic acids is 1. The fourth-order valence-electron chi connectivity index (χ4n) is 3.49. The average Bonchev–Trinajstić information content (AvgIpc) is 2.72. The second kappa shape index (κ2) is 7.86. The van der Waals surface area contributed by atoms with Crippen molar-refractivity contribution in [3.8, 4) is 17.2 Å². The van der Waals surface area contributed by atoms with E-state index in [0.717, 1.165) is 37.4 Å². The summed E-state index contributed by atoms with van der Waals surface area (Å²) in [6, 6.07) is 11.3. The number of aromatic nitrogens is 1. The number of carbonyl (C=O) groups is 1. The number of pyridine rings is 1. The van der Waals surface area contributed by atoms with Crippen LogP contribution in [-0.4, -0.2) is 48.2 Å². The Bertz CT molecular complexity index is 802. The van der Waals surface area contributed by atoms with E-state index in [1.807, 2.05) is 48.2 Å². The summed E-state index contributed by atoms with van der Waals surface area (Å²) in [4.78, 5) is 18.8. The summed E-state index contributed by atoms with van der Waals surface area (Å²) in [6.45, 7) is 4.34. The van der Waals surface area contributed by atoms with Crippen LogP contribution in [0.5, 0.6) is 17.2 Å². The van der Waals surface area contributed by atoms with Crippen molar-refractivity contribution in [1.29, 1.82) is 0 Å². The molecular formula is C21H24N2O4. The van der Waals surface area contributed by atoms with Gasteiger partial charge in [0.1, 0.15) is 12.4 Å². The monoisotopic (exact) mass is 368 g/mol. The number of hydrogen-bond acceptors (Lipinski definition) is 5. The molecule has 1 fully saturated rings. The zero-order valence-electron chi connectivity index (χ0n) is 15.5. The Morgan fingerprint density at radius 3 is 2.78 bits per heavy atom. The lowest BCUT2D eigenvalue weighted by molar-refractivity contribution is -0.142. The third kappa shape index (κ3) is 4.15. The molecule has 2 aromatic rings. The van der Waals surface area contributed by atoms with Crippen LogP contribution in [0, 0.1) is 12.8 Å². The topological polar surface area (TPSA) is 60.9 Å². The summed E-state index contributed by atoms with van der Waals surface area (Å²) in [5, 5.41) is 0. The Kier molecular flexibility index (Phi) is 5.14. The Morgan fingerprint density at radius 2 is 2.00 bits per heavy atom. The highest BCUT2D eigenvalue weighted by atomic mass is 16.6. The first-order valence-electron chi connectivity index (χ1n) is 9.42. The molecule has 0 bridgehead atoms. The summed E-state index contributed by atoms with van der Waals surface area (Å²) in [5.41, 5.74) is 0.948. The van der Waals surface area contributed by atoms with Gasteiger partial charge in [-0.1, -0.05) is 12.1 Å². The highest BCUT2D eigenvalue weighted by Gasteiger charge is 2.33. The van der Waals surface area contributed by atoms with Gasteiger partial charge < -0.3 is 19.1 Å². The van der Waals surface area contributed by atoms with Crippen molar-refractivity contribution in [2.75, 3.05) is 26.3 Å². The molecule has 1 aromatic heterocycles. The third-order valence-electron chi connectivity index (χ3n) is 5.06. The van der Waals surface area contributed by atoms with Gasteiger partial charge in [-0.2, -0.15) is 0 Å². The highest BCUT2D eigenvalue weighted by molar-refractivity contribution is 5.82. The molecule has 142 valence electrons. The van der Waals surface area contributed by atoms with Crippen LogP contribution in [0.4, 0.5) is 0 Å². The van der Waals surface area contributed by atoms with E-state index in [1.54, 1.807) is 6.20 Å². The van der Waals surface area contributed by atoms with E-state index < -0.39 is 6.10 Å². The van der Waals surface area contributed by atoms with Crippen LogP contribution in [0.15, 0.2) is 42.6 Å². The van der Waals surface area contributed by atoms with Gasteiger partial charge in [0.2, 0.25) is 6.10 Å². The average molecular weight is 368 g/mol. The smallest absolute Gasteiger partial charge is 0.267 e. The molecule has 0 radical (unpaired) electrons. The van der Waals surface area contributed by atoms with Gasteiger partial charge in [0.05, 0.1) is 6.61 Å². The SMILES string of the molecule is Cc1cc(OCC2CCN(C(=O)C3COc4ccccc4O3)CC2)ccn1. The second-order valence-corrected chi connectivity index (χ2v) is 7.08. The zero-order chi connectivity index (χ0) is 18.6. The quantitative estimate of drug-likeness (QED) is 0.830. The number of piperidine rings is 1. The van der Waals surface area contributed by atoms with Crippen molar-refractivity contribution in [3.05, 3.63) is 48.3 Å². The van der Waals surface area contributed by atoms with Crippen molar-refractivity contribution >= 4 is 5.91 Å². The van der Waals surface area contributed by atoms with E-state index in [4.69, 9.17) is 14.2 Å². The molecule has 1 saturated heterocycles. The maximum Gasteiger partial charge on any atom is 0.267 e. The molecule has 1 atom stereocenters. The minimum absolute atomic E-state index is 0.00799. The summed E-state index contributed by atoms with van der Waals surface area (Å²) in [7, 11) is 0. The summed E-state index contributed by atoms with van der Waals surface area (Å²) in [5.74, 6) is 2.65. The highest BCUT2D eigenvalue weighted by Crippen LogP contribution is 2.31. The standard InChI is InChI=1S/C21H24N2O4/c1-15-12-17(6-9-22-15)25-13-16-7-10-23(11-8-16)21(24)20-14-26-18-4-2-3-5-19(18)27-20/h2-6,9,12,16,20H,7-8,10-11,13-14H2,1H3. The van der Waals surface area contributed by atoms with Crippen LogP contribution >= 0.6 is 0 Å². The number of rotatable bonds is 4. The van der Waals surface area contributed by atoms with Gasteiger partial charge in [0.15, 0.2) is 11.5 Å². The molecule has 2 aliphatic rings. The van der Waals surface area contributed by atoms with Gasteiger partial charge in [-0.15, -0.1) is 0 Å². The lowest BCUT2D eigenvalue weighted by Gasteiger charge is -2.35. The van der Waals surface area contributed by atoms with E-state index in [1.165, 1.54) is 0 Å². The number of amides is 1. The minimum Gasteiger partial charge on any atom is -0.493 e. The molecule has 1 amide bonds. The number of benzene rings is 1. The molecule has 27 heavy (non-hydrogen) atoms. The Balaban J connectivity index is 1.26. The number of hydrogen-bond donors (Lipinski definition) is 0. The van der Waals surface area contributed by atoms with Gasteiger partial charge in [-0.05, 0) is 43.9 Å². The fourth-order valence-corrected chi connectivity index (χ4v) is 3.49. The number of likely N-dealkylation sites (tertiary alicyclic amines) is 1. The van der Waals surface area contributed by atoms with Crippen molar-refractivity contribution < 1.29 is 19.0 Å². The molecule has 6 heteroatoms. The first-order valence-corrected chi connectivity index (χ1v) is 9.42. The van der Waals surface area contributed by atoms with E-state index in [9.17, 15) is 4.79 Å². The molecule has 2 aliphatic heterocycles. The molecule has 0 N–H and O–H groups in total. The third-order valence-corrected chi connectivity index (χ3v) is 5.06. The maximum atomic E-state index is 12.8. The van der Waals surface area contributed by atoms with Crippen molar-refractivity contribution in [2.45, 2.75) is 25.9 Å². The normalized spacial score (nSPS) is 19.6. The van der Waals surface area contributed by atoms with E-state index in [2.05, 4.69) is 4.98 Å². The van der Waals surface area contributed by atoms with Gasteiger partial charge in [0.25, 0.3) is 5.91 Å². The Hall–Kier alpha value is -2.76. The predicted molar refractivity (Wildman–Crippen MR) is 100 cm³/mol. The van der Waals surface area contributed by atoms with E-state index in [0.29, 0.717) is 24.0 Å². The Morgan fingerprint density at radius 1 is 1.22 bits per heavy atom. The number of fused-ring (bicyclic) bond motifs is 1. The minimum atomic E-state index is -0.563. The Labute approximate surface area is 159 Å². The van der Waals surface area contributed by atoms with Crippen LogP contribution in [0.2, 0.25) is 0 Å². The number of aryl methyl sites for hydroxylation is 1. The number of para-hydroxylation sites is 2. The number of nitrogens with zero attached hydrogens (tertiary/aromatic N) is 2. The molecule has 0 saturated carbocycles. The molecule has 6 nitrogen and oxygen atoms in total.